The van der Waals surface area contributed by atoms with Crippen LogP contribution in [0.25, 0.3) is 38.3 Å². The molecule has 0 bridgehead atoms. The predicted octanol–water partition coefficient (Wildman–Crippen LogP) is 8.18. The summed E-state index contributed by atoms with van der Waals surface area (Å²) in [5.74, 6) is 0.505. The number of rotatable bonds is 8. The Hall–Kier alpha value is -4.37. The number of fused-ring (bicyclic) bond motifs is 1. The normalized spacial score (nSPS) is 13.8. The molecule has 9 heteroatoms. The second kappa shape index (κ2) is 11.0. The quantitative estimate of drug-likeness (QED) is 0.180. The van der Waals surface area contributed by atoms with Crippen LogP contribution in [0.1, 0.15) is 43.4 Å². The SMILES string of the molecule is C=C(Nc1cncc(-c2ccc(F)s2)c1C)c1n[nH]c2cnc(-c3cncc(NC(=C)C4CCCCC4)c3)cc12. The Balaban J connectivity index is 1.24. The summed E-state index contributed by atoms with van der Waals surface area (Å²) in [6, 6.07) is 7.28. The van der Waals surface area contributed by atoms with Gasteiger partial charge in [-0.05, 0) is 55.5 Å². The summed E-state index contributed by atoms with van der Waals surface area (Å²) in [5, 5.41) is 15.1. The van der Waals surface area contributed by atoms with Crippen LogP contribution in [0.2, 0.25) is 0 Å². The summed E-state index contributed by atoms with van der Waals surface area (Å²) >= 11 is 1.10. The van der Waals surface area contributed by atoms with Crippen molar-refractivity contribution in [2.24, 2.45) is 5.92 Å². The fourth-order valence-corrected chi connectivity index (χ4v) is 6.07. The molecule has 0 radical (unpaired) electrons. The van der Waals surface area contributed by atoms with Crippen molar-refractivity contribution in [3.05, 3.63) is 90.5 Å². The van der Waals surface area contributed by atoms with Gasteiger partial charge in [-0.25, -0.2) is 0 Å². The van der Waals surface area contributed by atoms with Gasteiger partial charge in [0.05, 0.1) is 46.9 Å². The van der Waals surface area contributed by atoms with E-state index in [2.05, 4.69) is 55.0 Å². The fourth-order valence-electron chi connectivity index (χ4n) is 5.27. The number of anilines is 2. The van der Waals surface area contributed by atoms with Gasteiger partial charge in [0.2, 0.25) is 0 Å². The third kappa shape index (κ3) is 5.24. The number of aromatic nitrogens is 5. The minimum atomic E-state index is -0.227. The van der Waals surface area contributed by atoms with Gasteiger partial charge in [0, 0.05) is 39.5 Å². The van der Waals surface area contributed by atoms with Gasteiger partial charge >= 0.3 is 0 Å². The summed E-state index contributed by atoms with van der Waals surface area (Å²) in [4.78, 5) is 14.3. The van der Waals surface area contributed by atoms with Crippen molar-refractivity contribution in [3.63, 3.8) is 0 Å². The van der Waals surface area contributed by atoms with E-state index in [1.165, 1.54) is 38.2 Å². The van der Waals surface area contributed by atoms with E-state index in [0.29, 0.717) is 17.3 Å². The Morgan fingerprint density at radius 3 is 2.62 bits per heavy atom. The van der Waals surface area contributed by atoms with E-state index >= 15 is 0 Å². The Morgan fingerprint density at radius 2 is 1.82 bits per heavy atom. The highest BCUT2D eigenvalue weighted by atomic mass is 32.1. The predicted molar refractivity (Wildman–Crippen MR) is 161 cm³/mol. The number of halogens is 1. The summed E-state index contributed by atoms with van der Waals surface area (Å²) in [5.41, 5.74) is 8.32. The molecule has 1 fully saturated rings. The number of nitrogens with zero attached hydrogens (tertiary/aromatic N) is 4. The number of allylic oxidation sites excluding steroid dienone is 1. The summed E-state index contributed by atoms with van der Waals surface area (Å²) in [6.07, 6.45) is 15.1. The maximum absolute atomic E-state index is 13.6. The van der Waals surface area contributed by atoms with Crippen LogP contribution in [0.5, 0.6) is 0 Å². The maximum atomic E-state index is 13.6. The third-order valence-corrected chi connectivity index (χ3v) is 8.42. The van der Waals surface area contributed by atoms with Crippen molar-refractivity contribution in [3.8, 4) is 21.7 Å². The van der Waals surface area contributed by atoms with E-state index in [1.807, 2.05) is 25.4 Å². The van der Waals surface area contributed by atoms with Crippen molar-refractivity contribution in [2.75, 3.05) is 10.6 Å². The number of hydrogen-bond acceptors (Lipinski definition) is 7. The summed E-state index contributed by atoms with van der Waals surface area (Å²) in [7, 11) is 0. The second-order valence-electron chi connectivity index (χ2n) is 10.2. The smallest absolute Gasteiger partial charge is 0.176 e. The lowest BCUT2D eigenvalue weighted by Gasteiger charge is -2.24. The van der Waals surface area contributed by atoms with E-state index < -0.39 is 0 Å². The van der Waals surface area contributed by atoms with Crippen LogP contribution < -0.4 is 10.6 Å². The second-order valence-corrected chi connectivity index (χ2v) is 11.2. The standard InChI is InChI=1S/C31H30FN7S/c1-18-25(29-9-10-30(32)40-29)15-34-16-27(18)37-20(3)31-24-12-26(35-17-28(24)38-39-31)22-11-23(14-33-13-22)36-19(2)21-7-5-4-6-8-21/h9-17,21,36-37H,2-8H2,1H3,(H,38,39). The fraction of sp³-hybridized carbons (Fsp3) is 0.226. The Labute approximate surface area is 236 Å². The van der Waals surface area contributed by atoms with Gasteiger partial charge < -0.3 is 10.6 Å². The molecule has 202 valence electrons. The first-order chi connectivity index (χ1) is 19.5. The van der Waals surface area contributed by atoms with Crippen LogP contribution in [0.3, 0.4) is 0 Å². The van der Waals surface area contributed by atoms with Crippen molar-refractivity contribution < 1.29 is 4.39 Å². The van der Waals surface area contributed by atoms with Gasteiger partial charge in [0.15, 0.2) is 5.13 Å². The van der Waals surface area contributed by atoms with Gasteiger partial charge in [-0.3, -0.25) is 20.1 Å². The molecule has 7 nitrogen and oxygen atoms in total. The molecule has 5 heterocycles. The zero-order chi connectivity index (χ0) is 27.6. The van der Waals surface area contributed by atoms with Crippen LogP contribution in [0, 0.1) is 18.0 Å². The molecule has 1 saturated carbocycles. The van der Waals surface area contributed by atoms with Gasteiger partial charge in [0.25, 0.3) is 0 Å². The zero-order valence-electron chi connectivity index (χ0n) is 22.3. The number of H-pyrrole nitrogens is 1. The molecule has 0 aromatic carbocycles. The van der Waals surface area contributed by atoms with Crippen LogP contribution >= 0.6 is 11.3 Å². The van der Waals surface area contributed by atoms with E-state index in [-0.39, 0.29) is 5.13 Å². The molecule has 0 atom stereocenters. The highest BCUT2D eigenvalue weighted by molar-refractivity contribution is 7.13. The average Bonchev–Trinajstić information content (AvgIpc) is 3.60. The first-order valence-corrected chi connectivity index (χ1v) is 14.2. The van der Waals surface area contributed by atoms with Crippen molar-refractivity contribution in [1.82, 2.24) is 25.1 Å². The average molecular weight is 552 g/mol. The van der Waals surface area contributed by atoms with Crippen LogP contribution in [0.15, 0.2) is 74.1 Å². The summed E-state index contributed by atoms with van der Waals surface area (Å²) < 4.78 is 13.6. The number of thiophene rings is 1. The molecule has 0 amide bonds. The van der Waals surface area contributed by atoms with E-state index in [0.717, 1.165) is 66.6 Å². The largest absolute Gasteiger partial charge is 0.358 e. The van der Waals surface area contributed by atoms with Crippen molar-refractivity contribution in [2.45, 2.75) is 39.0 Å². The monoisotopic (exact) mass is 551 g/mol. The molecule has 0 unspecified atom stereocenters. The van der Waals surface area contributed by atoms with E-state index in [9.17, 15) is 4.39 Å². The Kier molecular flexibility index (Phi) is 7.13. The highest BCUT2D eigenvalue weighted by Gasteiger charge is 2.18. The number of pyridine rings is 3. The van der Waals surface area contributed by atoms with Crippen LogP contribution in [-0.4, -0.2) is 25.1 Å². The number of hydrogen-bond donors (Lipinski definition) is 3. The van der Waals surface area contributed by atoms with Gasteiger partial charge in [0.1, 0.15) is 5.69 Å². The molecule has 0 saturated heterocycles. The first-order valence-electron chi connectivity index (χ1n) is 13.4. The minimum absolute atomic E-state index is 0.227. The summed E-state index contributed by atoms with van der Waals surface area (Å²) in [6.45, 7) is 10.5. The molecule has 1 aliphatic carbocycles. The molecular weight excluding hydrogens is 521 g/mol. The first kappa shape index (κ1) is 25.9. The molecule has 5 aromatic heterocycles. The van der Waals surface area contributed by atoms with Crippen LogP contribution in [0.4, 0.5) is 15.8 Å². The zero-order valence-corrected chi connectivity index (χ0v) is 23.1. The lowest BCUT2D eigenvalue weighted by Crippen LogP contribution is -2.14. The van der Waals surface area contributed by atoms with Crippen LogP contribution in [-0.2, 0) is 0 Å². The Morgan fingerprint density at radius 1 is 1.00 bits per heavy atom. The van der Waals surface area contributed by atoms with Gasteiger partial charge in [-0.1, -0.05) is 32.4 Å². The Bertz CT molecular complexity index is 1710. The molecule has 5 aromatic rings. The lowest BCUT2D eigenvalue weighted by molar-refractivity contribution is 0.405. The molecule has 1 aliphatic rings. The highest BCUT2D eigenvalue weighted by Crippen LogP contribution is 2.34. The third-order valence-electron chi connectivity index (χ3n) is 7.51. The van der Waals surface area contributed by atoms with Crippen molar-refractivity contribution >= 4 is 39.3 Å². The molecule has 40 heavy (non-hydrogen) atoms. The van der Waals surface area contributed by atoms with E-state index in [1.54, 1.807) is 24.7 Å². The van der Waals surface area contributed by atoms with E-state index in [4.69, 9.17) is 0 Å². The van der Waals surface area contributed by atoms with Crippen molar-refractivity contribution in [1.29, 1.82) is 0 Å². The van der Waals surface area contributed by atoms with Gasteiger partial charge in [-0.15, -0.1) is 11.3 Å². The molecular formula is C31H30FN7S. The molecule has 0 aliphatic heterocycles. The lowest BCUT2D eigenvalue weighted by atomic mass is 9.87. The molecule has 0 spiro atoms. The topological polar surface area (TPSA) is 91.4 Å². The number of nitrogens with one attached hydrogen (secondary N) is 3. The number of aromatic amines is 1. The van der Waals surface area contributed by atoms with Gasteiger partial charge in [-0.2, -0.15) is 9.49 Å². The maximum Gasteiger partial charge on any atom is 0.176 e. The minimum Gasteiger partial charge on any atom is -0.358 e. The molecule has 3 N–H and O–H groups in total. The molecule has 6 rings (SSSR count).